The number of nitrogens with two attached hydrogens (primary N) is 1. The van der Waals surface area contributed by atoms with Crippen LogP contribution in [0.2, 0.25) is 0 Å². The van der Waals surface area contributed by atoms with Crippen molar-refractivity contribution in [1.82, 2.24) is 19.6 Å². The van der Waals surface area contributed by atoms with Crippen molar-refractivity contribution in [2.45, 2.75) is 30.9 Å². The first-order chi connectivity index (χ1) is 16.4. The smallest absolute Gasteiger partial charge is 0.175 e. The average Bonchev–Trinajstić information content (AvgIpc) is 3.26. The Bertz CT molecular complexity index is 1590. The van der Waals surface area contributed by atoms with Crippen molar-refractivity contribution in [2.24, 2.45) is 5.73 Å². The number of nitriles is 1. The van der Waals surface area contributed by atoms with Gasteiger partial charge in [0.1, 0.15) is 11.6 Å². The van der Waals surface area contributed by atoms with E-state index in [-0.39, 0.29) is 0 Å². The lowest BCUT2D eigenvalue weighted by Gasteiger charge is -2.49. The van der Waals surface area contributed by atoms with Crippen LogP contribution in [0.15, 0.2) is 73.1 Å². The van der Waals surface area contributed by atoms with Crippen molar-refractivity contribution in [2.75, 3.05) is 0 Å². The second-order valence-electron chi connectivity index (χ2n) is 9.41. The highest BCUT2D eigenvalue weighted by Crippen LogP contribution is 2.46. The highest BCUT2D eigenvalue weighted by Gasteiger charge is 2.49. The van der Waals surface area contributed by atoms with Gasteiger partial charge in [0.05, 0.1) is 17.5 Å². The minimum Gasteiger partial charge on any atom is -0.390 e. The topological polar surface area (TPSA) is 113 Å². The third-order valence-electron chi connectivity index (χ3n) is 6.63. The zero-order valence-electron chi connectivity index (χ0n) is 18.6. The van der Waals surface area contributed by atoms with Crippen molar-refractivity contribution in [1.29, 1.82) is 5.26 Å². The number of benzene rings is 2. The summed E-state index contributed by atoms with van der Waals surface area (Å²) in [7, 11) is 0. The van der Waals surface area contributed by atoms with Gasteiger partial charge in [-0.3, -0.25) is 0 Å². The van der Waals surface area contributed by atoms with E-state index in [0.717, 1.165) is 33.3 Å². The zero-order valence-corrected chi connectivity index (χ0v) is 18.6. The van der Waals surface area contributed by atoms with Crippen LogP contribution in [0.4, 0.5) is 0 Å². The molecule has 2 aromatic carbocycles. The van der Waals surface area contributed by atoms with Crippen molar-refractivity contribution < 1.29 is 5.11 Å². The normalized spacial score (nSPS) is 21.9. The maximum atomic E-state index is 10.2. The number of rotatable bonds is 3. The molecule has 166 valence electrons. The molecule has 0 amide bonds. The van der Waals surface area contributed by atoms with Crippen LogP contribution in [-0.2, 0) is 5.54 Å². The quantitative estimate of drug-likeness (QED) is 0.430. The number of hydrogen-bond acceptors (Lipinski definition) is 6. The predicted molar refractivity (Wildman–Crippen MR) is 130 cm³/mol. The van der Waals surface area contributed by atoms with Crippen LogP contribution in [0.3, 0.4) is 0 Å². The lowest BCUT2D eigenvalue weighted by atomic mass is 9.63. The van der Waals surface area contributed by atoms with Gasteiger partial charge in [0, 0.05) is 28.2 Å². The van der Waals surface area contributed by atoms with Crippen LogP contribution in [0.5, 0.6) is 0 Å². The molecule has 0 radical (unpaired) electrons. The zero-order chi connectivity index (χ0) is 23.5. The SMILES string of the molecule is C[C@]1(O)C[C@@](N)(c2ccc(-c3nc4c(cnc5c(C#N)cnn54)cc3-c3ccccc3)cc2)C1. The summed E-state index contributed by atoms with van der Waals surface area (Å²) in [4.78, 5) is 9.47. The van der Waals surface area contributed by atoms with E-state index in [1.54, 1.807) is 10.7 Å². The van der Waals surface area contributed by atoms with Crippen LogP contribution in [-0.4, -0.2) is 30.3 Å². The Labute approximate surface area is 196 Å². The second-order valence-corrected chi connectivity index (χ2v) is 9.41. The highest BCUT2D eigenvalue weighted by molar-refractivity contribution is 5.91. The number of nitrogens with zero attached hydrogens (tertiary/aromatic N) is 5. The maximum absolute atomic E-state index is 10.2. The fourth-order valence-electron chi connectivity index (χ4n) is 5.14. The Kier molecular flexibility index (Phi) is 4.33. The molecule has 3 heterocycles. The van der Waals surface area contributed by atoms with Gasteiger partial charge in [-0.25, -0.2) is 9.97 Å². The first-order valence-electron chi connectivity index (χ1n) is 11.1. The molecule has 34 heavy (non-hydrogen) atoms. The number of fused-ring (bicyclic) bond motifs is 3. The van der Waals surface area contributed by atoms with Crippen LogP contribution >= 0.6 is 0 Å². The molecule has 0 saturated heterocycles. The molecule has 0 atom stereocenters. The Morgan fingerprint density at radius 3 is 2.41 bits per heavy atom. The molecule has 5 aromatic rings. The highest BCUT2D eigenvalue weighted by atomic mass is 16.3. The van der Waals surface area contributed by atoms with Gasteiger partial charge in [-0.1, -0.05) is 54.6 Å². The summed E-state index contributed by atoms with van der Waals surface area (Å²) in [5, 5.41) is 24.8. The molecule has 1 aliphatic rings. The molecule has 0 aliphatic heterocycles. The first-order valence-corrected chi connectivity index (χ1v) is 11.1. The van der Waals surface area contributed by atoms with Crippen LogP contribution in [0.25, 0.3) is 39.1 Å². The molecule has 3 N–H and O–H groups in total. The van der Waals surface area contributed by atoms with Crippen LogP contribution < -0.4 is 5.73 Å². The summed E-state index contributed by atoms with van der Waals surface area (Å²) in [6.07, 6.45) is 4.32. The van der Waals surface area contributed by atoms with E-state index in [0.29, 0.717) is 29.7 Å². The summed E-state index contributed by atoms with van der Waals surface area (Å²) in [5.74, 6) is 0. The average molecular weight is 447 g/mol. The van der Waals surface area contributed by atoms with E-state index < -0.39 is 11.1 Å². The lowest BCUT2D eigenvalue weighted by molar-refractivity contribution is -0.0738. The minimum atomic E-state index is -0.709. The van der Waals surface area contributed by atoms with E-state index in [2.05, 4.69) is 34.4 Å². The predicted octanol–water partition coefficient (Wildman–Crippen LogP) is 4.18. The molecule has 1 saturated carbocycles. The standard InChI is InChI=1S/C27H22N6O/c1-26(34)15-27(29,16-26)21-9-7-18(8-10-21)23-22(17-5-3-2-4-6-17)11-19-13-30-24-20(12-28)14-31-33(24)25(19)32-23/h2-11,13-14,34H,15-16,29H2,1H3/t26-,27-. The van der Waals surface area contributed by atoms with Crippen molar-refractivity contribution in [3.63, 3.8) is 0 Å². The van der Waals surface area contributed by atoms with Crippen molar-refractivity contribution >= 4 is 16.7 Å². The summed E-state index contributed by atoms with van der Waals surface area (Å²) < 4.78 is 1.62. The second kappa shape index (κ2) is 7.19. The molecule has 1 aliphatic carbocycles. The molecular formula is C27H22N6O. The molecule has 1 fully saturated rings. The molecule has 7 nitrogen and oxygen atoms in total. The monoisotopic (exact) mass is 446 g/mol. The molecular weight excluding hydrogens is 424 g/mol. The van der Waals surface area contributed by atoms with Crippen LogP contribution in [0, 0.1) is 11.3 Å². The third-order valence-corrected chi connectivity index (χ3v) is 6.63. The van der Waals surface area contributed by atoms with Gasteiger partial charge < -0.3 is 10.8 Å². The summed E-state index contributed by atoms with van der Waals surface area (Å²) in [6, 6.07) is 22.4. The van der Waals surface area contributed by atoms with E-state index in [1.807, 2.05) is 49.4 Å². The fraction of sp³-hybridized carbons (Fsp3) is 0.185. The third kappa shape index (κ3) is 3.16. The van der Waals surface area contributed by atoms with E-state index in [4.69, 9.17) is 10.7 Å². The molecule has 0 spiro atoms. The first kappa shape index (κ1) is 20.5. The summed E-state index contributed by atoms with van der Waals surface area (Å²) >= 11 is 0. The number of aromatic nitrogens is 4. The van der Waals surface area contributed by atoms with E-state index in [1.165, 1.54) is 6.20 Å². The van der Waals surface area contributed by atoms with Gasteiger partial charge in [0.25, 0.3) is 0 Å². The van der Waals surface area contributed by atoms with E-state index >= 15 is 0 Å². The largest absolute Gasteiger partial charge is 0.390 e. The number of hydrogen-bond donors (Lipinski definition) is 2. The van der Waals surface area contributed by atoms with Gasteiger partial charge in [-0.2, -0.15) is 14.9 Å². The van der Waals surface area contributed by atoms with Gasteiger partial charge >= 0.3 is 0 Å². The molecule has 7 heteroatoms. The Hall–Kier alpha value is -4.12. The van der Waals surface area contributed by atoms with Crippen molar-refractivity contribution in [3.8, 4) is 28.5 Å². The molecule has 0 bridgehead atoms. The Balaban J connectivity index is 1.54. The maximum Gasteiger partial charge on any atom is 0.175 e. The van der Waals surface area contributed by atoms with Gasteiger partial charge in [0.2, 0.25) is 0 Å². The van der Waals surface area contributed by atoms with Gasteiger partial charge in [0.15, 0.2) is 11.3 Å². The fourth-order valence-corrected chi connectivity index (χ4v) is 5.14. The van der Waals surface area contributed by atoms with Crippen molar-refractivity contribution in [3.05, 3.63) is 84.2 Å². The van der Waals surface area contributed by atoms with Gasteiger partial charge in [-0.05, 0) is 37.0 Å². The Morgan fingerprint density at radius 2 is 1.74 bits per heavy atom. The lowest BCUT2D eigenvalue weighted by Crippen LogP contribution is -2.58. The summed E-state index contributed by atoms with van der Waals surface area (Å²) in [6.45, 7) is 1.82. The molecule has 6 rings (SSSR count). The molecule has 3 aromatic heterocycles. The number of aliphatic hydroxyl groups is 1. The summed E-state index contributed by atoms with van der Waals surface area (Å²) in [5.41, 5.74) is 11.6. The molecule has 0 unspecified atom stereocenters. The van der Waals surface area contributed by atoms with Crippen LogP contribution in [0.1, 0.15) is 30.9 Å². The van der Waals surface area contributed by atoms with Gasteiger partial charge in [-0.15, -0.1) is 0 Å². The van der Waals surface area contributed by atoms with E-state index in [9.17, 15) is 10.4 Å². The minimum absolute atomic E-state index is 0.409. The Morgan fingerprint density at radius 1 is 1.00 bits per heavy atom. The number of pyridine rings is 1.